The average Bonchev–Trinajstić information content (AvgIpc) is 3.26. The molecule has 1 amide bonds. The van der Waals surface area contributed by atoms with E-state index in [4.69, 9.17) is 0 Å². The van der Waals surface area contributed by atoms with Gasteiger partial charge >= 0.3 is 0 Å². The molecule has 3 rings (SSSR count). The van der Waals surface area contributed by atoms with Crippen LogP contribution in [0.3, 0.4) is 0 Å². The molecule has 2 heterocycles. The van der Waals surface area contributed by atoms with Crippen molar-refractivity contribution in [3.8, 4) is 11.8 Å². The van der Waals surface area contributed by atoms with Crippen LogP contribution in [-0.4, -0.2) is 33.6 Å². The number of aliphatic carboxylic acids is 1. The van der Waals surface area contributed by atoms with Crippen molar-refractivity contribution in [1.82, 2.24) is 10.3 Å². The van der Waals surface area contributed by atoms with Crippen LogP contribution in [0.5, 0.6) is 0 Å². The second kappa shape index (κ2) is 7.89. The first-order valence-electron chi connectivity index (χ1n) is 8.65. The molecular formula is C21H19N2O4S-. The van der Waals surface area contributed by atoms with Gasteiger partial charge in [-0.15, -0.1) is 11.3 Å². The van der Waals surface area contributed by atoms with E-state index in [1.807, 2.05) is 24.3 Å². The molecule has 144 valence electrons. The minimum Gasteiger partial charge on any atom is -0.548 e. The maximum absolute atomic E-state index is 12.5. The van der Waals surface area contributed by atoms with Crippen molar-refractivity contribution in [2.45, 2.75) is 31.9 Å². The number of carbonyl (C=O) groups excluding carboxylic acids is 2. The van der Waals surface area contributed by atoms with Gasteiger partial charge in [-0.25, -0.2) is 0 Å². The number of hydrogen-bond donors (Lipinski definition) is 3. The van der Waals surface area contributed by atoms with Gasteiger partial charge in [0, 0.05) is 23.5 Å². The molecule has 0 radical (unpaired) electrons. The standard InChI is InChI=1S/C21H20N2O4S/c1-21(2,27)10-9-14-7-8-18(28-14)19(24)23-17(20(25)26)11-13-12-22-16-6-4-3-5-15(13)16/h3-8,12,17,22,27H,11H2,1-2H3,(H,23,24)(H,25,26)/p-1/t17-/m0/s1. The third-order valence-electron chi connectivity index (χ3n) is 4.01. The van der Waals surface area contributed by atoms with Gasteiger partial charge in [-0.3, -0.25) is 4.79 Å². The zero-order valence-corrected chi connectivity index (χ0v) is 16.2. The molecule has 3 aromatic rings. The lowest BCUT2D eigenvalue weighted by Crippen LogP contribution is -2.49. The first kappa shape index (κ1) is 19.7. The average molecular weight is 395 g/mol. The zero-order chi connectivity index (χ0) is 20.3. The van der Waals surface area contributed by atoms with Crippen molar-refractivity contribution in [2.24, 2.45) is 0 Å². The summed E-state index contributed by atoms with van der Waals surface area (Å²) in [5.74, 6) is 3.62. The van der Waals surface area contributed by atoms with Crippen LogP contribution >= 0.6 is 11.3 Å². The van der Waals surface area contributed by atoms with Crippen molar-refractivity contribution in [3.63, 3.8) is 0 Å². The quantitative estimate of drug-likeness (QED) is 0.569. The van der Waals surface area contributed by atoms with E-state index in [9.17, 15) is 19.8 Å². The van der Waals surface area contributed by atoms with Crippen LogP contribution in [0.2, 0.25) is 0 Å². The number of benzene rings is 1. The molecule has 3 N–H and O–H groups in total. The normalized spacial score (nSPS) is 12.2. The van der Waals surface area contributed by atoms with Crippen molar-refractivity contribution in [1.29, 1.82) is 0 Å². The number of carboxylic acid groups (broad SMARTS) is 1. The van der Waals surface area contributed by atoms with E-state index in [1.165, 1.54) is 0 Å². The number of aromatic amines is 1. The first-order chi connectivity index (χ1) is 13.2. The van der Waals surface area contributed by atoms with Gasteiger partial charge in [0.25, 0.3) is 5.91 Å². The lowest BCUT2D eigenvalue weighted by molar-refractivity contribution is -0.308. The molecule has 0 aliphatic heterocycles. The fraction of sp³-hybridized carbons (Fsp3) is 0.238. The van der Waals surface area contributed by atoms with Gasteiger partial charge in [0.1, 0.15) is 5.60 Å². The Morgan fingerprint density at radius 3 is 2.75 bits per heavy atom. The summed E-state index contributed by atoms with van der Waals surface area (Å²) in [4.78, 5) is 28.1. The molecule has 0 bridgehead atoms. The summed E-state index contributed by atoms with van der Waals surface area (Å²) >= 11 is 1.13. The van der Waals surface area contributed by atoms with Crippen LogP contribution in [-0.2, 0) is 11.2 Å². The molecule has 28 heavy (non-hydrogen) atoms. The molecule has 0 aliphatic carbocycles. The van der Waals surface area contributed by atoms with Crippen molar-refractivity contribution < 1.29 is 19.8 Å². The molecule has 1 atom stereocenters. The van der Waals surface area contributed by atoms with E-state index < -0.39 is 23.5 Å². The highest BCUT2D eigenvalue weighted by atomic mass is 32.1. The molecule has 0 unspecified atom stereocenters. The van der Waals surface area contributed by atoms with Gasteiger partial charge in [-0.1, -0.05) is 30.0 Å². The molecule has 0 saturated carbocycles. The number of aliphatic hydroxyl groups is 1. The molecule has 0 fully saturated rings. The van der Waals surface area contributed by atoms with E-state index >= 15 is 0 Å². The van der Waals surface area contributed by atoms with Gasteiger partial charge in [0.05, 0.1) is 21.8 Å². The lowest BCUT2D eigenvalue weighted by Gasteiger charge is -2.19. The number of para-hydroxylation sites is 1. The summed E-state index contributed by atoms with van der Waals surface area (Å²) in [6.45, 7) is 3.13. The van der Waals surface area contributed by atoms with Gasteiger partial charge in [-0.2, -0.15) is 0 Å². The summed E-state index contributed by atoms with van der Waals surface area (Å²) in [5.41, 5.74) is 0.549. The number of carboxylic acids is 1. The second-order valence-electron chi connectivity index (χ2n) is 6.88. The van der Waals surface area contributed by atoms with Crippen LogP contribution in [0.25, 0.3) is 10.9 Å². The smallest absolute Gasteiger partial charge is 0.261 e. The van der Waals surface area contributed by atoms with Crippen LogP contribution in [0.15, 0.2) is 42.6 Å². The minimum atomic E-state index is -1.35. The van der Waals surface area contributed by atoms with E-state index in [0.29, 0.717) is 9.75 Å². The van der Waals surface area contributed by atoms with Crippen LogP contribution in [0.1, 0.15) is 34.0 Å². The SMILES string of the molecule is CC(C)(O)C#Cc1ccc(C(=O)N[C@@H](Cc2c[nH]c3ccccc23)C(=O)[O-])s1. The predicted octanol–water partition coefficient (Wildman–Crippen LogP) is 1.44. The predicted molar refractivity (Wildman–Crippen MR) is 106 cm³/mol. The van der Waals surface area contributed by atoms with Crippen molar-refractivity contribution >= 4 is 34.1 Å². The molecule has 0 spiro atoms. The summed E-state index contributed by atoms with van der Waals surface area (Å²) in [6, 6.07) is 9.61. The summed E-state index contributed by atoms with van der Waals surface area (Å²) in [6.07, 6.45) is 1.84. The molecule has 6 nitrogen and oxygen atoms in total. The fourth-order valence-electron chi connectivity index (χ4n) is 2.68. The Morgan fingerprint density at radius 2 is 2.04 bits per heavy atom. The third kappa shape index (κ3) is 4.80. The number of rotatable bonds is 5. The highest BCUT2D eigenvalue weighted by molar-refractivity contribution is 7.14. The largest absolute Gasteiger partial charge is 0.548 e. The molecule has 2 aromatic heterocycles. The fourth-order valence-corrected chi connectivity index (χ4v) is 3.45. The molecule has 7 heteroatoms. The second-order valence-corrected chi connectivity index (χ2v) is 7.97. The summed E-state index contributed by atoms with van der Waals surface area (Å²) < 4.78 is 0. The number of carbonyl (C=O) groups is 2. The maximum atomic E-state index is 12.5. The highest BCUT2D eigenvalue weighted by Crippen LogP contribution is 2.20. The minimum absolute atomic E-state index is 0.106. The first-order valence-corrected chi connectivity index (χ1v) is 9.47. The Bertz CT molecular complexity index is 1080. The lowest BCUT2D eigenvalue weighted by atomic mass is 10.0. The number of aromatic nitrogens is 1. The van der Waals surface area contributed by atoms with Gasteiger partial charge in [-0.05, 0) is 37.6 Å². The summed E-state index contributed by atoms with van der Waals surface area (Å²) in [5, 5.41) is 24.6. The Labute approximate surface area is 166 Å². The Morgan fingerprint density at radius 1 is 1.29 bits per heavy atom. The molecule has 1 aromatic carbocycles. The Hall–Kier alpha value is -3.08. The van der Waals surface area contributed by atoms with E-state index in [0.717, 1.165) is 27.8 Å². The van der Waals surface area contributed by atoms with Gasteiger partial charge in [0.15, 0.2) is 0 Å². The number of H-pyrrole nitrogens is 1. The number of amides is 1. The van der Waals surface area contributed by atoms with E-state index in [1.54, 1.807) is 32.2 Å². The molecule has 0 saturated heterocycles. The monoisotopic (exact) mass is 395 g/mol. The molecular weight excluding hydrogens is 376 g/mol. The van der Waals surface area contributed by atoms with Crippen molar-refractivity contribution in [3.05, 3.63) is 57.9 Å². The number of fused-ring (bicyclic) bond motifs is 1. The zero-order valence-electron chi connectivity index (χ0n) is 15.4. The topological polar surface area (TPSA) is 105 Å². The van der Waals surface area contributed by atoms with Gasteiger partial charge < -0.3 is 25.3 Å². The van der Waals surface area contributed by atoms with Crippen LogP contribution in [0.4, 0.5) is 0 Å². The van der Waals surface area contributed by atoms with E-state index in [-0.39, 0.29) is 6.42 Å². The number of thiophene rings is 1. The van der Waals surface area contributed by atoms with Crippen LogP contribution in [0, 0.1) is 11.8 Å². The maximum Gasteiger partial charge on any atom is 0.261 e. The summed E-state index contributed by atoms with van der Waals surface area (Å²) in [7, 11) is 0. The Kier molecular flexibility index (Phi) is 5.54. The van der Waals surface area contributed by atoms with Crippen molar-refractivity contribution in [2.75, 3.05) is 0 Å². The molecule has 0 aliphatic rings. The van der Waals surface area contributed by atoms with Crippen LogP contribution < -0.4 is 10.4 Å². The van der Waals surface area contributed by atoms with Gasteiger partial charge in [0.2, 0.25) is 0 Å². The number of hydrogen-bond acceptors (Lipinski definition) is 5. The Balaban J connectivity index is 1.74. The van der Waals surface area contributed by atoms with E-state index in [2.05, 4.69) is 22.1 Å². The third-order valence-corrected chi connectivity index (χ3v) is 5.01. The highest BCUT2D eigenvalue weighted by Gasteiger charge is 2.18. The number of nitrogens with one attached hydrogen (secondary N) is 2.